The zero-order valence-corrected chi connectivity index (χ0v) is 15.4. The van der Waals surface area contributed by atoms with Crippen LogP contribution in [0.4, 0.5) is 0 Å². The molecule has 5 heteroatoms. The summed E-state index contributed by atoms with van der Waals surface area (Å²) in [6, 6.07) is 8.50. The number of benzene rings is 1. The van der Waals surface area contributed by atoms with Crippen molar-refractivity contribution in [3.8, 4) is 0 Å². The molecule has 0 unspecified atom stereocenters. The van der Waals surface area contributed by atoms with Gasteiger partial charge in [-0.1, -0.05) is 31.2 Å². The minimum absolute atomic E-state index is 0.661. The standard InChI is InChI=1S/C19H33N3O2/c1-4-17-10-6-7-11-18(17)16-22-19(20-5-2)21-12-8-9-13-24-15-14-23-3/h6-7,10-11H,4-5,8-9,12-16H2,1-3H3,(H2,20,21,22). The quantitative estimate of drug-likeness (QED) is 0.350. The average molecular weight is 335 g/mol. The van der Waals surface area contributed by atoms with Crippen LogP contribution in [-0.4, -0.2) is 46.0 Å². The second kappa shape index (κ2) is 13.8. The van der Waals surface area contributed by atoms with Crippen molar-refractivity contribution in [2.24, 2.45) is 4.99 Å². The van der Waals surface area contributed by atoms with E-state index >= 15 is 0 Å². The molecule has 1 rings (SSSR count). The first-order valence-electron chi connectivity index (χ1n) is 8.97. The molecule has 0 aromatic heterocycles. The summed E-state index contributed by atoms with van der Waals surface area (Å²) in [7, 11) is 1.69. The summed E-state index contributed by atoms with van der Waals surface area (Å²) < 4.78 is 10.4. The van der Waals surface area contributed by atoms with Gasteiger partial charge in [0.25, 0.3) is 0 Å². The molecule has 0 aliphatic carbocycles. The van der Waals surface area contributed by atoms with E-state index in [1.165, 1.54) is 11.1 Å². The average Bonchev–Trinajstić information content (AvgIpc) is 2.62. The monoisotopic (exact) mass is 335 g/mol. The summed E-state index contributed by atoms with van der Waals surface area (Å²) in [5, 5.41) is 6.69. The van der Waals surface area contributed by atoms with Crippen LogP contribution in [0.15, 0.2) is 29.3 Å². The van der Waals surface area contributed by atoms with Crippen molar-refractivity contribution in [3.63, 3.8) is 0 Å². The number of ether oxygens (including phenoxy) is 2. The summed E-state index contributed by atoms with van der Waals surface area (Å²) >= 11 is 0. The molecule has 0 fully saturated rings. The van der Waals surface area contributed by atoms with Gasteiger partial charge in [-0.25, -0.2) is 4.99 Å². The van der Waals surface area contributed by atoms with E-state index in [1.807, 2.05) is 0 Å². The van der Waals surface area contributed by atoms with E-state index in [4.69, 9.17) is 14.5 Å². The molecule has 5 nitrogen and oxygen atoms in total. The molecule has 0 aliphatic rings. The lowest BCUT2D eigenvalue weighted by molar-refractivity contribution is 0.0689. The SMILES string of the molecule is CCNC(=NCc1ccccc1CC)NCCCCOCCOC. The maximum atomic E-state index is 5.46. The molecule has 136 valence electrons. The molecule has 1 aromatic rings. The molecule has 0 saturated heterocycles. The number of nitrogens with one attached hydrogen (secondary N) is 2. The molecule has 0 saturated carbocycles. The van der Waals surface area contributed by atoms with Gasteiger partial charge < -0.3 is 20.1 Å². The number of rotatable bonds is 12. The van der Waals surface area contributed by atoms with Gasteiger partial charge in [0.1, 0.15) is 0 Å². The molecule has 0 radical (unpaired) electrons. The number of guanidine groups is 1. The van der Waals surface area contributed by atoms with Crippen molar-refractivity contribution >= 4 is 5.96 Å². The van der Waals surface area contributed by atoms with Crippen LogP contribution in [0.5, 0.6) is 0 Å². The van der Waals surface area contributed by atoms with Crippen molar-refractivity contribution < 1.29 is 9.47 Å². The van der Waals surface area contributed by atoms with E-state index in [0.29, 0.717) is 19.8 Å². The van der Waals surface area contributed by atoms with Gasteiger partial charge in [-0.2, -0.15) is 0 Å². The summed E-state index contributed by atoms with van der Waals surface area (Å²) in [6.07, 6.45) is 3.14. The Hall–Kier alpha value is -1.59. The molecule has 0 bridgehead atoms. The van der Waals surface area contributed by atoms with Gasteiger partial charge in [0.05, 0.1) is 19.8 Å². The Kier molecular flexibility index (Phi) is 11.8. The van der Waals surface area contributed by atoms with Crippen LogP contribution in [0.25, 0.3) is 0 Å². The van der Waals surface area contributed by atoms with E-state index < -0.39 is 0 Å². The molecular formula is C19H33N3O2. The van der Waals surface area contributed by atoms with Gasteiger partial charge >= 0.3 is 0 Å². The third-order valence-corrected chi connectivity index (χ3v) is 3.69. The van der Waals surface area contributed by atoms with Crippen LogP contribution in [0, 0.1) is 0 Å². The largest absolute Gasteiger partial charge is 0.382 e. The fourth-order valence-electron chi connectivity index (χ4n) is 2.34. The third kappa shape index (κ3) is 8.89. The van der Waals surface area contributed by atoms with Gasteiger partial charge in [-0.3, -0.25) is 0 Å². The van der Waals surface area contributed by atoms with Crippen LogP contribution in [0.2, 0.25) is 0 Å². The number of aliphatic imine (C=N–C) groups is 1. The number of unbranched alkanes of at least 4 members (excludes halogenated alkanes) is 1. The first-order chi connectivity index (χ1) is 11.8. The van der Waals surface area contributed by atoms with E-state index in [0.717, 1.165) is 44.9 Å². The predicted molar refractivity (Wildman–Crippen MR) is 101 cm³/mol. The third-order valence-electron chi connectivity index (χ3n) is 3.69. The van der Waals surface area contributed by atoms with Gasteiger partial charge in [0, 0.05) is 26.8 Å². The van der Waals surface area contributed by atoms with E-state index in [2.05, 4.69) is 48.7 Å². The first kappa shape index (κ1) is 20.5. The lowest BCUT2D eigenvalue weighted by Gasteiger charge is -2.12. The van der Waals surface area contributed by atoms with Crippen molar-refractivity contribution in [2.45, 2.75) is 39.7 Å². The second-order valence-electron chi connectivity index (χ2n) is 5.56. The van der Waals surface area contributed by atoms with Crippen LogP contribution < -0.4 is 10.6 Å². The molecule has 0 heterocycles. The molecule has 2 N–H and O–H groups in total. The molecule has 0 spiro atoms. The Morgan fingerprint density at radius 3 is 2.50 bits per heavy atom. The first-order valence-corrected chi connectivity index (χ1v) is 8.97. The number of nitrogens with zero attached hydrogens (tertiary/aromatic N) is 1. The van der Waals surface area contributed by atoms with Crippen molar-refractivity contribution in [1.82, 2.24) is 10.6 Å². The van der Waals surface area contributed by atoms with Crippen molar-refractivity contribution in [1.29, 1.82) is 0 Å². The Balaban J connectivity index is 2.32. The second-order valence-corrected chi connectivity index (χ2v) is 5.56. The Morgan fingerprint density at radius 2 is 1.79 bits per heavy atom. The van der Waals surface area contributed by atoms with E-state index in [-0.39, 0.29) is 0 Å². The van der Waals surface area contributed by atoms with Crippen LogP contribution in [-0.2, 0) is 22.4 Å². The smallest absolute Gasteiger partial charge is 0.191 e. The topological polar surface area (TPSA) is 54.9 Å². The molecule has 0 amide bonds. The van der Waals surface area contributed by atoms with Crippen LogP contribution in [0.1, 0.15) is 37.8 Å². The number of hydrogen-bond donors (Lipinski definition) is 2. The zero-order valence-electron chi connectivity index (χ0n) is 15.4. The lowest BCUT2D eigenvalue weighted by atomic mass is 10.1. The van der Waals surface area contributed by atoms with E-state index in [1.54, 1.807) is 7.11 Å². The summed E-state index contributed by atoms with van der Waals surface area (Å²) in [5.41, 5.74) is 2.66. The highest BCUT2D eigenvalue weighted by molar-refractivity contribution is 5.79. The summed E-state index contributed by atoms with van der Waals surface area (Å²) in [4.78, 5) is 4.70. The highest BCUT2D eigenvalue weighted by atomic mass is 16.5. The Morgan fingerprint density at radius 1 is 1.00 bits per heavy atom. The van der Waals surface area contributed by atoms with Gasteiger partial charge in [0.15, 0.2) is 5.96 Å². The molecular weight excluding hydrogens is 302 g/mol. The molecule has 0 aliphatic heterocycles. The highest BCUT2D eigenvalue weighted by Gasteiger charge is 2.01. The Labute approximate surface area is 146 Å². The number of hydrogen-bond acceptors (Lipinski definition) is 3. The molecule has 0 atom stereocenters. The maximum absolute atomic E-state index is 5.46. The summed E-state index contributed by atoms with van der Waals surface area (Å²) in [6.45, 7) is 8.85. The Bertz CT molecular complexity index is 464. The van der Waals surface area contributed by atoms with E-state index in [9.17, 15) is 0 Å². The zero-order chi connectivity index (χ0) is 17.5. The minimum Gasteiger partial charge on any atom is -0.382 e. The van der Waals surface area contributed by atoms with Gasteiger partial charge in [-0.05, 0) is 37.3 Å². The molecule has 1 aromatic carbocycles. The fourth-order valence-corrected chi connectivity index (χ4v) is 2.34. The van der Waals surface area contributed by atoms with Gasteiger partial charge in [0.2, 0.25) is 0 Å². The van der Waals surface area contributed by atoms with Crippen molar-refractivity contribution in [3.05, 3.63) is 35.4 Å². The van der Waals surface area contributed by atoms with Crippen LogP contribution in [0.3, 0.4) is 0 Å². The van der Waals surface area contributed by atoms with Crippen molar-refractivity contribution in [2.75, 3.05) is 40.0 Å². The maximum Gasteiger partial charge on any atom is 0.191 e. The molecule has 24 heavy (non-hydrogen) atoms. The number of aryl methyl sites for hydroxylation is 1. The van der Waals surface area contributed by atoms with Crippen LogP contribution >= 0.6 is 0 Å². The number of methoxy groups -OCH3 is 1. The lowest BCUT2D eigenvalue weighted by Crippen LogP contribution is -2.37. The highest BCUT2D eigenvalue weighted by Crippen LogP contribution is 2.10. The minimum atomic E-state index is 0.661. The predicted octanol–water partition coefficient (Wildman–Crippen LogP) is 2.75. The normalized spacial score (nSPS) is 11.5. The summed E-state index contributed by atoms with van der Waals surface area (Å²) in [5.74, 6) is 0.878. The fraction of sp³-hybridized carbons (Fsp3) is 0.632. The van der Waals surface area contributed by atoms with Gasteiger partial charge in [-0.15, -0.1) is 0 Å².